The van der Waals surface area contributed by atoms with Crippen LogP contribution < -0.4 is 10.2 Å². The van der Waals surface area contributed by atoms with Crippen LogP contribution in [0.2, 0.25) is 0 Å². The Labute approximate surface area is 114 Å². The number of hydrogen-bond donors (Lipinski definition) is 1. The predicted molar refractivity (Wildman–Crippen MR) is 74.0 cm³/mol. The number of amides is 1. The highest BCUT2D eigenvalue weighted by Gasteiger charge is 2.35. The third-order valence-corrected chi connectivity index (χ3v) is 3.38. The molecule has 2 heterocycles. The Morgan fingerprint density at radius 1 is 1.53 bits per heavy atom. The van der Waals surface area contributed by atoms with Crippen LogP contribution in [0.4, 0.5) is 5.82 Å². The minimum atomic E-state index is -0.126. The zero-order valence-electron chi connectivity index (χ0n) is 11.5. The van der Waals surface area contributed by atoms with Gasteiger partial charge in [-0.3, -0.25) is 9.69 Å². The van der Waals surface area contributed by atoms with Crippen molar-refractivity contribution in [3.63, 3.8) is 0 Å². The average Bonchev–Trinajstić information content (AvgIpc) is 2.92. The molecule has 1 saturated heterocycles. The number of ether oxygens (including phenoxy) is 1. The van der Waals surface area contributed by atoms with E-state index in [1.165, 1.54) is 0 Å². The number of hydrogen-bond acceptors (Lipinski definition) is 4. The Morgan fingerprint density at radius 3 is 3.05 bits per heavy atom. The fraction of sp³-hybridized carbons (Fsp3) is 0.571. The first-order valence-corrected chi connectivity index (χ1v) is 6.73. The van der Waals surface area contributed by atoms with E-state index in [0.29, 0.717) is 19.0 Å². The van der Waals surface area contributed by atoms with Crippen LogP contribution in [0.15, 0.2) is 24.4 Å². The first-order chi connectivity index (χ1) is 9.24. The second-order valence-electron chi connectivity index (χ2n) is 4.79. The molecule has 0 spiro atoms. The van der Waals surface area contributed by atoms with Crippen molar-refractivity contribution < 1.29 is 9.53 Å². The van der Waals surface area contributed by atoms with Crippen molar-refractivity contribution >= 4 is 11.7 Å². The van der Waals surface area contributed by atoms with E-state index in [2.05, 4.69) is 17.2 Å². The molecule has 1 aliphatic heterocycles. The lowest BCUT2D eigenvalue weighted by Crippen LogP contribution is -2.45. The molecular formula is C14H21N3O2. The number of anilines is 1. The molecule has 1 aromatic heterocycles. The quantitative estimate of drug-likeness (QED) is 0.863. The van der Waals surface area contributed by atoms with Gasteiger partial charge in [-0.25, -0.2) is 4.98 Å². The van der Waals surface area contributed by atoms with Crippen LogP contribution in [0.1, 0.15) is 13.3 Å². The van der Waals surface area contributed by atoms with Gasteiger partial charge in [0.05, 0.1) is 19.1 Å². The highest BCUT2D eigenvalue weighted by molar-refractivity contribution is 5.94. The van der Waals surface area contributed by atoms with Crippen LogP contribution in [0.5, 0.6) is 0 Å². The maximum atomic E-state index is 12.5. The lowest BCUT2D eigenvalue weighted by atomic mass is 10.0. The van der Waals surface area contributed by atoms with E-state index >= 15 is 0 Å². The third-order valence-electron chi connectivity index (χ3n) is 3.38. The van der Waals surface area contributed by atoms with Crippen molar-refractivity contribution in [2.45, 2.75) is 19.4 Å². The number of rotatable bonds is 5. The second-order valence-corrected chi connectivity index (χ2v) is 4.79. The molecule has 104 valence electrons. The van der Waals surface area contributed by atoms with E-state index in [1.54, 1.807) is 18.1 Å². The van der Waals surface area contributed by atoms with E-state index in [9.17, 15) is 4.79 Å². The topological polar surface area (TPSA) is 54.5 Å². The van der Waals surface area contributed by atoms with E-state index in [-0.39, 0.29) is 17.9 Å². The maximum absolute atomic E-state index is 12.5. The number of pyridine rings is 1. The molecule has 0 radical (unpaired) electrons. The first kappa shape index (κ1) is 14.0. The highest BCUT2D eigenvalue weighted by atomic mass is 16.5. The number of aromatic nitrogens is 1. The van der Waals surface area contributed by atoms with E-state index in [4.69, 9.17) is 4.74 Å². The van der Waals surface area contributed by atoms with Crippen LogP contribution >= 0.6 is 0 Å². The van der Waals surface area contributed by atoms with Gasteiger partial charge in [-0.1, -0.05) is 13.0 Å². The van der Waals surface area contributed by atoms with Crippen LogP contribution in [0.25, 0.3) is 0 Å². The lowest BCUT2D eigenvalue weighted by Gasteiger charge is -2.23. The molecule has 1 aliphatic rings. The highest BCUT2D eigenvalue weighted by Crippen LogP contribution is 2.19. The molecule has 0 saturated carbocycles. The SMILES string of the molecule is CCCNC1COCC1C(=O)N(C)c1ccccn1. The van der Waals surface area contributed by atoms with Gasteiger partial charge in [0.15, 0.2) is 0 Å². The monoisotopic (exact) mass is 263 g/mol. The predicted octanol–water partition coefficient (Wildman–Crippen LogP) is 1.06. The Balaban J connectivity index is 2.02. The van der Waals surface area contributed by atoms with Gasteiger partial charge in [0, 0.05) is 19.3 Å². The molecule has 2 rings (SSSR count). The lowest BCUT2D eigenvalue weighted by molar-refractivity contribution is -0.122. The molecule has 2 atom stereocenters. The zero-order chi connectivity index (χ0) is 13.7. The van der Waals surface area contributed by atoms with Crippen LogP contribution in [0, 0.1) is 5.92 Å². The Bertz CT molecular complexity index is 410. The van der Waals surface area contributed by atoms with Gasteiger partial charge >= 0.3 is 0 Å². The molecule has 19 heavy (non-hydrogen) atoms. The molecular weight excluding hydrogens is 242 g/mol. The summed E-state index contributed by atoms with van der Waals surface area (Å²) < 4.78 is 5.44. The Morgan fingerprint density at radius 2 is 2.37 bits per heavy atom. The molecule has 1 N–H and O–H groups in total. The zero-order valence-corrected chi connectivity index (χ0v) is 11.5. The van der Waals surface area contributed by atoms with E-state index in [1.807, 2.05) is 18.2 Å². The van der Waals surface area contributed by atoms with Crippen molar-refractivity contribution in [3.8, 4) is 0 Å². The van der Waals surface area contributed by atoms with Gasteiger partial charge < -0.3 is 10.1 Å². The fourth-order valence-corrected chi connectivity index (χ4v) is 2.24. The summed E-state index contributed by atoms with van der Waals surface area (Å²) in [6, 6.07) is 5.66. The molecule has 5 nitrogen and oxygen atoms in total. The summed E-state index contributed by atoms with van der Waals surface area (Å²) in [5, 5.41) is 3.38. The van der Waals surface area contributed by atoms with Crippen molar-refractivity contribution in [1.29, 1.82) is 0 Å². The number of carbonyl (C=O) groups excluding carboxylic acids is 1. The Kier molecular flexibility index (Phi) is 4.87. The van der Waals surface area contributed by atoms with Gasteiger partial charge in [0.25, 0.3) is 0 Å². The minimum absolute atomic E-state index is 0.0600. The number of carbonyl (C=O) groups is 1. The summed E-state index contributed by atoms with van der Waals surface area (Å²) in [7, 11) is 1.76. The molecule has 1 aromatic rings. The van der Waals surface area contributed by atoms with Crippen LogP contribution in [-0.4, -0.2) is 43.7 Å². The average molecular weight is 263 g/mol. The normalized spacial score (nSPS) is 22.4. The minimum Gasteiger partial charge on any atom is -0.379 e. The third kappa shape index (κ3) is 3.30. The summed E-state index contributed by atoms with van der Waals surface area (Å²) in [5.41, 5.74) is 0. The molecule has 0 aromatic carbocycles. The molecule has 2 unspecified atom stereocenters. The summed E-state index contributed by atoms with van der Waals surface area (Å²) >= 11 is 0. The van der Waals surface area contributed by atoms with Gasteiger partial charge in [-0.2, -0.15) is 0 Å². The van der Waals surface area contributed by atoms with Gasteiger partial charge in [-0.05, 0) is 25.1 Å². The second kappa shape index (κ2) is 6.63. The summed E-state index contributed by atoms with van der Waals surface area (Å²) in [6.45, 7) is 4.11. The summed E-state index contributed by atoms with van der Waals surface area (Å²) in [6.07, 6.45) is 2.74. The van der Waals surface area contributed by atoms with Gasteiger partial charge in [-0.15, -0.1) is 0 Å². The number of nitrogens with one attached hydrogen (secondary N) is 1. The summed E-state index contributed by atoms with van der Waals surface area (Å²) in [4.78, 5) is 18.3. The number of nitrogens with zero attached hydrogens (tertiary/aromatic N) is 2. The van der Waals surface area contributed by atoms with Crippen LogP contribution in [-0.2, 0) is 9.53 Å². The maximum Gasteiger partial charge on any atom is 0.234 e. The molecule has 1 fully saturated rings. The van der Waals surface area contributed by atoms with Crippen molar-refractivity contribution in [2.75, 3.05) is 31.7 Å². The first-order valence-electron chi connectivity index (χ1n) is 6.73. The van der Waals surface area contributed by atoms with Crippen molar-refractivity contribution in [1.82, 2.24) is 10.3 Å². The standard InChI is InChI=1S/C14H21N3O2/c1-3-7-15-12-10-19-9-11(12)14(18)17(2)13-6-4-5-8-16-13/h4-6,8,11-12,15H,3,7,9-10H2,1-2H3. The summed E-state index contributed by atoms with van der Waals surface area (Å²) in [5.74, 6) is 0.608. The molecule has 1 amide bonds. The largest absolute Gasteiger partial charge is 0.379 e. The fourth-order valence-electron chi connectivity index (χ4n) is 2.24. The van der Waals surface area contributed by atoms with Gasteiger partial charge in [0.2, 0.25) is 5.91 Å². The van der Waals surface area contributed by atoms with E-state index < -0.39 is 0 Å². The van der Waals surface area contributed by atoms with Gasteiger partial charge in [0.1, 0.15) is 5.82 Å². The van der Waals surface area contributed by atoms with Crippen LogP contribution in [0.3, 0.4) is 0 Å². The molecule has 0 aliphatic carbocycles. The Hall–Kier alpha value is -1.46. The molecule has 5 heteroatoms. The smallest absolute Gasteiger partial charge is 0.234 e. The van der Waals surface area contributed by atoms with Crippen molar-refractivity contribution in [3.05, 3.63) is 24.4 Å². The van der Waals surface area contributed by atoms with Crippen molar-refractivity contribution in [2.24, 2.45) is 5.92 Å². The van der Waals surface area contributed by atoms with E-state index in [0.717, 1.165) is 13.0 Å². The molecule has 0 bridgehead atoms.